The first-order valence-corrected chi connectivity index (χ1v) is 8.99. The molecule has 0 aromatic carbocycles. The summed E-state index contributed by atoms with van der Waals surface area (Å²) in [4.78, 5) is 4.28. The van der Waals surface area contributed by atoms with Gasteiger partial charge in [0.05, 0.1) is 33.9 Å². The molecule has 120 valence electrons. The summed E-state index contributed by atoms with van der Waals surface area (Å²) in [6, 6.07) is 3.42. The van der Waals surface area contributed by atoms with Gasteiger partial charge in [0.2, 0.25) is 10.0 Å². The standard InChI is InChI=1S/C14H21BN2O4S/c1-13(2)14(3,4)21-15(20-13)12-8-5-10(9-16-12)17-22(18,19)11-6-7-11/h5,8-9,11,17H,6-7H2,1-4H3. The van der Waals surface area contributed by atoms with Gasteiger partial charge in [-0.25, -0.2) is 8.42 Å². The lowest BCUT2D eigenvalue weighted by molar-refractivity contribution is 0.00578. The Morgan fingerprint density at radius 2 is 1.77 bits per heavy atom. The van der Waals surface area contributed by atoms with Gasteiger partial charge in [0, 0.05) is 0 Å². The first kappa shape index (κ1) is 15.8. The van der Waals surface area contributed by atoms with Crippen LogP contribution in [-0.4, -0.2) is 37.0 Å². The quantitative estimate of drug-likeness (QED) is 0.845. The Labute approximate surface area is 131 Å². The van der Waals surface area contributed by atoms with E-state index in [2.05, 4.69) is 9.71 Å². The van der Waals surface area contributed by atoms with E-state index in [1.54, 1.807) is 12.1 Å². The van der Waals surface area contributed by atoms with Gasteiger partial charge < -0.3 is 9.31 Å². The van der Waals surface area contributed by atoms with E-state index in [0.29, 0.717) is 11.3 Å². The zero-order valence-electron chi connectivity index (χ0n) is 13.3. The SMILES string of the molecule is CC1(C)OB(c2ccc(NS(=O)(=O)C3CC3)cn2)OC1(C)C. The van der Waals surface area contributed by atoms with Crippen molar-refractivity contribution in [2.24, 2.45) is 0 Å². The maximum Gasteiger partial charge on any atom is 0.514 e. The van der Waals surface area contributed by atoms with E-state index in [4.69, 9.17) is 9.31 Å². The number of rotatable bonds is 4. The molecule has 1 aliphatic carbocycles. The number of nitrogens with one attached hydrogen (secondary N) is 1. The normalized spacial score (nSPS) is 23.5. The summed E-state index contributed by atoms with van der Waals surface area (Å²) < 4.78 is 38.2. The highest BCUT2D eigenvalue weighted by atomic mass is 32.2. The van der Waals surface area contributed by atoms with Crippen molar-refractivity contribution in [3.8, 4) is 0 Å². The molecule has 1 aromatic rings. The van der Waals surface area contributed by atoms with E-state index in [0.717, 1.165) is 12.8 Å². The highest BCUT2D eigenvalue weighted by molar-refractivity contribution is 7.93. The molecule has 2 fully saturated rings. The minimum atomic E-state index is -3.26. The number of sulfonamides is 1. The number of hydrogen-bond acceptors (Lipinski definition) is 5. The summed E-state index contributed by atoms with van der Waals surface area (Å²) >= 11 is 0. The molecular formula is C14H21BN2O4S. The van der Waals surface area contributed by atoms with Crippen molar-refractivity contribution in [3.05, 3.63) is 18.3 Å². The average molecular weight is 324 g/mol. The summed E-state index contributed by atoms with van der Waals surface area (Å²) in [5, 5.41) is -0.254. The third kappa shape index (κ3) is 2.87. The second-order valence-electron chi connectivity index (χ2n) is 6.91. The molecule has 22 heavy (non-hydrogen) atoms. The predicted octanol–water partition coefficient (Wildman–Crippen LogP) is 1.28. The molecule has 3 rings (SSSR count). The van der Waals surface area contributed by atoms with Crippen LogP contribution in [0.3, 0.4) is 0 Å². The van der Waals surface area contributed by atoms with Crippen molar-refractivity contribution >= 4 is 28.4 Å². The predicted molar refractivity (Wildman–Crippen MR) is 85.5 cm³/mol. The maximum atomic E-state index is 11.9. The summed E-state index contributed by atoms with van der Waals surface area (Å²) in [5.41, 5.74) is 0.247. The molecule has 8 heteroatoms. The van der Waals surface area contributed by atoms with Crippen molar-refractivity contribution in [1.29, 1.82) is 0 Å². The Balaban J connectivity index is 1.73. The van der Waals surface area contributed by atoms with Gasteiger partial charge in [-0.05, 0) is 52.7 Å². The second kappa shape index (κ2) is 4.94. The first-order valence-electron chi connectivity index (χ1n) is 7.44. The van der Waals surface area contributed by atoms with Gasteiger partial charge in [-0.3, -0.25) is 9.71 Å². The van der Waals surface area contributed by atoms with Gasteiger partial charge >= 0.3 is 7.12 Å². The van der Waals surface area contributed by atoms with E-state index in [1.165, 1.54) is 6.20 Å². The molecule has 0 unspecified atom stereocenters. The molecule has 1 saturated heterocycles. The van der Waals surface area contributed by atoms with Crippen LogP contribution >= 0.6 is 0 Å². The topological polar surface area (TPSA) is 77.5 Å². The van der Waals surface area contributed by atoms with Crippen molar-refractivity contribution in [1.82, 2.24) is 4.98 Å². The van der Waals surface area contributed by atoms with E-state index in [-0.39, 0.29) is 5.25 Å². The monoisotopic (exact) mass is 324 g/mol. The molecule has 1 saturated carbocycles. The molecule has 1 N–H and O–H groups in total. The van der Waals surface area contributed by atoms with Crippen molar-refractivity contribution < 1.29 is 17.7 Å². The number of hydrogen-bond donors (Lipinski definition) is 1. The average Bonchev–Trinajstić information content (AvgIpc) is 3.19. The summed E-state index contributed by atoms with van der Waals surface area (Å²) in [7, 11) is -3.80. The van der Waals surface area contributed by atoms with Crippen molar-refractivity contribution in [3.63, 3.8) is 0 Å². The Hall–Kier alpha value is -1.12. The summed E-state index contributed by atoms with van der Waals surface area (Å²) in [6.45, 7) is 7.91. The second-order valence-corrected chi connectivity index (χ2v) is 8.87. The lowest BCUT2D eigenvalue weighted by Crippen LogP contribution is -2.41. The van der Waals surface area contributed by atoms with Crippen molar-refractivity contribution in [2.45, 2.75) is 57.0 Å². The van der Waals surface area contributed by atoms with E-state index < -0.39 is 28.3 Å². The highest BCUT2D eigenvalue weighted by Crippen LogP contribution is 2.36. The number of nitrogens with zero attached hydrogens (tertiary/aromatic N) is 1. The number of anilines is 1. The molecule has 6 nitrogen and oxygen atoms in total. The van der Waals surface area contributed by atoms with E-state index in [9.17, 15) is 8.42 Å². The molecular weight excluding hydrogens is 303 g/mol. The van der Waals surface area contributed by atoms with Crippen LogP contribution in [0.1, 0.15) is 40.5 Å². The van der Waals surface area contributed by atoms with E-state index >= 15 is 0 Å². The molecule has 0 amide bonds. The van der Waals surface area contributed by atoms with Gasteiger partial charge in [0.25, 0.3) is 0 Å². The molecule has 0 radical (unpaired) electrons. The van der Waals surface area contributed by atoms with Gasteiger partial charge in [-0.15, -0.1) is 0 Å². The Morgan fingerprint density at radius 3 is 2.23 bits per heavy atom. The van der Waals surface area contributed by atoms with Crippen LogP contribution in [0, 0.1) is 0 Å². The number of pyridine rings is 1. The Morgan fingerprint density at radius 1 is 1.18 bits per heavy atom. The molecule has 0 atom stereocenters. The smallest absolute Gasteiger partial charge is 0.398 e. The lowest BCUT2D eigenvalue weighted by atomic mass is 9.84. The molecule has 1 aliphatic heterocycles. The minimum absolute atomic E-state index is 0.254. The van der Waals surface area contributed by atoms with Gasteiger partial charge in [0.15, 0.2) is 0 Å². The lowest BCUT2D eigenvalue weighted by Gasteiger charge is -2.32. The minimum Gasteiger partial charge on any atom is -0.398 e. The molecule has 2 heterocycles. The van der Waals surface area contributed by atoms with Crippen LogP contribution in [0.5, 0.6) is 0 Å². The molecule has 0 bridgehead atoms. The first-order chi connectivity index (χ1) is 10.1. The maximum absolute atomic E-state index is 11.9. The third-order valence-electron chi connectivity index (χ3n) is 4.50. The fourth-order valence-electron chi connectivity index (χ4n) is 2.19. The molecule has 0 spiro atoms. The third-order valence-corrected chi connectivity index (χ3v) is 6.37. The van der Waals surface area contributed by atoms with Crippen LogP contribution in [0.15, 0.2) is 18.3 Å². The largest absolute Gasteiger partial charge is 0.514 e. The van der Waals surface area contributed by atoms with Crippen LogP contribution in [0.4, 0.5) is 5.69 Å². The fraction of sp³-hybridized carbons (Fsp3) is 0.643. The van der Waals surface area contributed by atoms with Crippen molar-refractivity contribution in [2.75, 3.05) is 4.72 Å². The van der Waals surface area contributed by atoms with Crippen LogP contribution in [0.2, 0.25) is 0 Å². The zero-order valence-corrected chi connectivity index (χ0v) is 14.1. The van der Waals surface area contributed by atoms with Gasteiger partial charge in [0.1, 0.15) is 0 Å². The van der Waals surface area contributed by atoms with Crippen LogP contribution < -0.4 is 10.3 Å². The summed E-state index contributed by atoms with van der Waals surface area (Å²) in [6.07, 6.45) is 2.96. The zero-order chi connectivity index (χ0) is 16.2. The van der Waals surface area contributed by atoms with Gasteiger partial charge in [-0.1, -0.05) is 0 Å². The Bertz CT molecular complexity index is 653. The fourth-order valence-corrected chi connectivity index (χ4v) is 3.57. The molecule has 1 aromatic heterocycles. The van der Waals surface area contributed by atoms with Crippen LogP contribution in [0.25, 0.3) is 0 Å². The van der Waals surface area contributed by atoms with E-state index in [1.807, 2.05) is 27.7 Å². The Kier molecular flexibility index (Phi) is 3.54. The van der Waals surface area contributed by atoms with Gasteiger partial charge in [-0.2, -0.15) is 0 Å². The highest BCUT2D eigenvalue weighted by Gasteiger charge is 2.52. The summed E-state index contributed by atoms with van der Waals surface area (Å²) in [5.74, 6) is 0. The number of aromatic nitrogens is 1. The molecule has 2 aliphatic rings. The van der Waals surface area contributed by atoms with Crippen LogP contribution in [-0.2, 0) is 19.3 Å².